The Morgan fingerprint density at radius 3 is 2.31 bits per heavy atom. The van der Waals surface area contributed by atoms with Crippen LogP contribution in [0.5, 0.6) is 11.5 Å². The van der Waals surface area contributed by atoms with Crippen LogP contribution in [-0.4, -0.2) is 76.8 Å². The lowest BCUT2D eigenvalue weighted by molar-refractivity contribution is -0.256. The second kappa shape index (κ2) is 25.1. The van der Waals surface area contributed by atoms with Crippen molar-refractivity contribution < 1.29 is 47.9 Å². The molecule has 4 aromatic carbocycles. The van der Waals surface area contributed by atoms with Crippen LogP contribution in [-0.2, 0) is 45.4 Å². The molecule has 12 nitrogen and oxygen atoms in total. The van der Waals surface area contributed by atoms with Gasteiger partial charge in [0.15, 0.2) is 0 Å². The molecule has 2 N–H and O–H groups in total. The SMILES string of the molecule is C=CCOC12Oc3ccc(OCc4cccc(C)n4)cc3C3C(CCCCO)C(CCCCO)C=C(C(=NOCc4ccccc4)CC1N(Cc1ccc(F)cc1)C(=O)OCCOCc1ccccc1)C32. The number of aliphatic hydroxyl groups is 2. The predicted octanol–water partition coefficient (Wildman–Crippen LogP) is 10.8. The van der Waals surface area contributed by atoms with Gasteiger partial charge in [-0.15, -0.1) is 6.58 Å². The molecule has 0 saturated heterocycles. The van der Waals surface area contributed by atoms with Crippen LogP contribution in [0.15, 0.2) is 151 Å². The molecule has 2 heterocycles. The van der Waals surface area contributed by atoms with E-state index in [0.717, 1.165) is 59.3 Å². The Kier molecular flexibility index (Phi) is 18.1. The van der Waals surface area contributed by atoms with Crippen molar-refractivity contribution >= 4 is 11.8 Å². The number of fused-ring (bicyclic) bond motifs is 2. The lowest BCUT2D eigenvalue weighted by atomic mass is 9.55. The maximum Gasteiger partial charge on any atom is 0.410 e. The number of allylic oxidation sites excluding steroid dienone is 1. The number of hydrogen-bond acceptors (Lipinski definition) is 11. The Morgan fingerprint density at radius 2 is 1.59 bits per heavy atom. The molecule has 71 heavy (non-hydrogen) atoms. The number of unbranched alkanes of at least 4 members (excludes halogenated alkanes) is 2. The predicted molar refractivity (Wildman–Crippen MR) is 269 cm³/mol. The molecule has 1 amide bonds. The lowest BCUT2D eigenvalue weighted by Gasteiger charge is -2.59. The van der Waals surface area contributed by atoms with Gasteiger partial charge < -0.3 is 38.7 Å². The molecule has 1 aliphatic heterocycles. The molecule has 0 spiro atoms. The van der Waals surface area contributed by atoms with Crippen molar-refractivity contribution in [2.45, 2.75) is 96.0 Å². The Hall–Kier alpha value is -6.38. The van der Waals surface area contributed by atoms with E-state index in [2.05, 4.69) is 23.7 Å². The first-order valence-corrected chi connectivity index (χ1v) is 24.9. The van der Waals surface area contributed by atoms with E-state index in [-0.39, 0.29) is 77.0 Å². The number of halogens is 1. The van der Waals surface area contributed by atoms with Gasteiger partial charge in [0.25, 0.3) is 0 Å². The van der Waals surface area contributed by atoms with Crippen molar-refractivity contribution in [3.05, 3.63) is 185 Å². The molecule has 6 atom stereocenters. The van der Waals surface area contributed by atoms with Crippen LogP contribution in [0.3, 0.4) is 0 Å². The number of oxime groups is 1. The maximum atomic E-state index is 15.0. The highest BCUT2D eigenvalue weighted by Gasteiger charge is 2.65. The number of ether oxygens (including phenoxy) is 5. The van der Waals surface area contributed by atoms with Crippen molar-refractivity contribution in [3.8, 4) is 11.5 Å². The molecular formula is C58H66FN3O9. The number of carbonyl (C=O) groups is 1. The summed E-state index contributed by atoms with van der Waals surface area (Å²) in [6, 6.07) is 36.5. The molecule has 0 bridgehead atoms. The fourth-order valence-electron chi connectivity index (χ4n) is 10.5. The number of pyridine rings is 1. The van der Waals surface area contributed by atoms with E-state index in [1.165, 1.54) is 12.1 Å². The molecule has 0 radical (unpaired) electrons. The largest absolute Gasteiger partial charge is 0.487 e. The maximum absolute atomic E-state index is 15.0. The Balaban J connectivity index is 1.27. The topological polar surface area (TPSA) is 141 Å². The fraction of sp³-hybridized carbons (Fsp3) is 0.397. The second-order valence-electron chi connectivity index (χ2n) is 18.5. The summed E-state index contributed by atoms with van der Waals surface area (Å²) < 4.78 is 47.6. The van der Waals surface area contributed by atoms with Crippen LogP contribution < -0.4 is 9.47 Å². The number of aromatic nitrogens is 1. The third-order valence-corrected chi connectivity index (χ3v) is 13.7. The summed E-state index contributed by atoms with van der Waals surface area (Å²) in [5.74, 6) is -1.60. The van der Waals surface area contributed by atoms with Gasteiger partial charge >= 0.3 is 6.09 Å². The first-order chi connectivity index (χ1) is 34.8. The highest BCUT2D eigenvalue weighted by molar-refractivity contribution is 6.03. The van der Waals surface area contributed by atoms with E-state index in [4.69, 9.17) is 33.7 Å². The third-order valence-electron chi connectivity index (χ3n) is 13.7. The van der Waals surface area contributed by atoms with Crippen LogP contribution >= 0.6 is 0 Å². The van der Waals surface area contributed by atoms with Crippen LogP contribution in [0.1, 0.15) is 84.5 Å². The number of benzene rings is 4. The number of rotatable bonds is 25. The minimum Gasteiger partial charge on any atom is -0.487 e. The van der Waals surface area contributed by atoms with Gasteiger partial charge in [-0.2, -0.15) is 0 Å². The van der Waals surface area contributed by atoms with Crippen molar-refractivity contribution in [2.75, 3.05) is 33.0 Å². The molecule has 8 rings (SSSR count). The van der Waals surface area contributed by atoms with E-state index >= 15 is 4.79 Å². The summed E-state index contributed by atoms with van der Waals surface area (Å²) in [7, 11) is 0. The molecule has 1 aromatic heterocycles. The van der Waals surface area contributed by atoms with E-state index < -0.39 is 29.7 Å². The zero-order chi connectivity index (χ0) is 49.4. The van der Waals surface area contributed by atoms with Gasteiger partial charge in [-0.05, 0) is 109 Å². The standard InChI is InChI=1S/C58H66FN3O9/c1-3-31-69-58-54(62(37-42-23-25-46(59)26-24-42)57(65)67-33-32-66-38-43-16-6-4-7-17-43)36-52(61-70-39-44-18-8-5-9-19-44)50-34-45(20-10-12-29-63)49(22-11-13-30-64)55(56(50)58)51-35-48(27-28-53(51)71-58)68-40-47-21-14-15-41(2)60-47/h3-9,14-19,21,23-28,34-35,45,49,54-56,63-64H,1,10-13,20,22,29-33,36-40H2,2H3. The number of hydrogen-bond donors (Lipinski definition) is 2. The highest BCUT2D eigenvalue weighted by atomic mass is 19.1. The van der Waals surface area contributed by atoms with Gasteiger partial charge in [0.05, 0.1) is 37.1 Å². The third kappa shape index (κ3) is 12.8. The van der Waals surface area contributed by atoms with E-state index in [1.807, 2.05) is 97.9 Å². The van der Waals surface area contributed by atoms with Gasteiger partial charge in [0.2, 0.25) is 5.79 Å². The molecule has 5 aromatic rings. The van der Waals surface area contributed by atoms with Crippen LogP contribution in [0.4, 0.5) is 9.18 Å². The average molecular weight is 968 g/mol. The van der Waals surface area contributed by atoms with Crippen molar-refractivity contribution in [2.24, 2.45) is 22.9 Å². The molecule has 6 unspecified atom stereocenters. The summed E-state index contributed by atoms with van der Waals surface area (Å²) in [6.45, 7) is 7.17. The van der Waals surface area contributed by atoms with Gasteiger partial charge in [-0.1, -0.05) is 109 Å². The highest BCUT2D eigenvalue weighted by Crippen LogP contribution is 2.62. The van der Waals surface area contributed by atoms with Crippen LogP contribution in [0.2, 0.25) is 0 Å². The minimum atomic E-state index is -1.56. The minimum absolute atomic E-state index is 0.0125. The van der Waals surface area contributed by atoms with E-state index in [1.54, 1.807) is 23.1 Å². The number of amides is 1. The summed E-state index contributed by atoms with van der Waals surface area (Å²) in [5, 5.41) is 25.1. The smallest absolute Gasteiger partial charge is 0.410 e. The Labute approximate surface area is 416 Å². The molecular weight excluding hydrogens is 902 g/mol. The lowest BCUT2D eigenvalue weighted by Crippen LogP contribution is -2.70. The summed E-state index contributed by atoms with van der Waals surface area (Å²) in [6.07, 6.45) is 7.85. The average Bonchev–Trinajstić information content (AvgIpc) is 3.39. The van der Waals surface area contributed by atoms with Crippen molar-refractivity contribution in [1.82, 2.24) is 9.88 Å². The van der Waals surface area contributed by atoms with Gasteiger partial charge in [-0.25, -0.2) is 9.18 Å². The van der Waals surface area contributed by atoms with Crippen molar-refractivity contribution in [1.29, 1.82) is 0 Å². The molecule has 1 fully saturated rings. The zero-order valence-electron chi connectivity index (χ0n) is 40.6. The van der Waals surface area contributed by atoms with Crippen LogP contribution in [0, 0.1) is 30.5 Å². The summed E-state index contributed by atoms with van der Waals surface area (Å²) in [5.41, 5.74) is 6.73. The first-order valence-electron chi connectivity index (χ1n) is 24.9. The van der Waals surface area contributed by atoms with Gasteiger partial charge in [-0.3, -0.25) is 9.88 Å². The Morgan fingerprint density at radius 1 is 0.859 bits per heavy atom. The van der Waals surface area contributed by atoms with Crippen molar-refractivity contribution in [3.63, 3.8) is 0 Å². The summed E-state index contributed by atoms with van der Waals surface area (Å²) >= 11 is 0. The first kappa shape index (κ1) is 51.0. The zero-order valence-corrected chi connectivity index (χ0v) is 40.6. The quantitative estimate of drug-likeness (QED) is 0.0330. The number of nitrogens with zero attached hydrogens (tertiary/aromatic N) is 3. The fourth-order valence-corrected chi connectivity index (χ4v) is 10.5. The van der Waals surface area contributed by atoms with E-state index in [9.17, 15) is 14.6 Å². The number of aryl methyl sites for hydroxylation is 1. The molecule has 1 saturated carbocycles. The van der Waals surface area contributed by atoms with E-state index in [0.29, 0.717) is 42.2 Å². The van der Waals surface area contributed by atoms with Crippen LogP contribution in [0.25, 0.3) is 0 Å². The molecule has 3 aliphatic rings. The molecule has 374 valence electrons. The number of carbonyl (C=O) groups excluding carboxylic acids is 1. The molecule has 2 aliphatic carbocycles. The second-order valence-corrected chi connectivity index (χ2v) is 18.5. The Bertz CT molecular complexity index is 2560. The van der Waals surface area contributed by atoms with Gasteiger partial charge in [0.1, 0.15) is 43.2 Å². The monoisotopic (exact) mass is 967 g/mol. The normalized spacial score (nSPS) is 21.5. The molecule has 13 heteroatoms. The number of aliphatic hydroxyl groups excluding tert-OH is 2. The van der Waals surface area contributed by atoms with Gasteiger partial charge in [0, 0.05) is 43.4 Å². The summed E-state index contributed by atoms with van der Waals surface area (Å²) in [4.78, 5) is 27.6.